The van der Waals surface area contributed by atoms with Crippen LogP contribution in [-0.4, -0.2) is 10.9 Å². The molecule has 0 bridgehead atoms. The third kappa shape index (κ3) is 3.05. The molecule has 0 aliphatic carbocycles. The van der Waals surface area contributed by atoms with E-state index in [9.17, 15) is 4.79 Å². The highest BCUT2D eigenvalue weighted by molar-refractivity contribution is 5.94. The van der Waals surface area contributed by atoms with Crippen LogP contribution in [0, 0.1) is 0 Å². The number of amides is 1. The number of hydrogen-bond donors (Lipinski definition) is 3. The number of hydrogen-bond acceptors (Lipinski definition) is 4. The molecule has 5 nitrogen and oxygen atoms in total. The average molecular weight is 242 g/mol. The lowest BCUT2D eigenvalue weighted by Crippen LogP contribution is -2.22. The second-order valence-electron chi connectivity index (χ2n) is 3.76. The van der Waals surface area contributed by atoms with Crippen LogP contribution in [0.15, 0.2) is 48.8 Å². The molecule has 1 aromatic heterocycles. The first-order valence-electron chi connectivity index (χ1n) is 5.53. The van der Waals surface area contributed by atoms with Gasteiger partial charge in [-0.2, -0.15) is 0 Å². The van der Waals surface area contributed by atoms with Gasteiger partial charge >= 0.3 is 0 Å². The van der Waals surface area contributed by atoms with Gasteiger partial charge < -0.3 is 10.7 Å². The van der Waals surface area contributed by atoms with E-state index in [0.717, 1.165) is 11.3 Å². The lowest BCUT2D eigenvalue weighted by molar-refractivity contribution is 0.0951. The molecule has 0 aliphatic heterocycles. The monoisotopic (exact) mass is 242 g/mol. The molecule has 0 aliphatic rings. The lowest BCUT2D eigenvalue weighted by Gasteiger charge is -2.06. The Morgan fingerprint density at radius 3 is 2.39 bits per heavy atom. The molecule has 0 radical (unpaired) electrons. The number of benzene rings is 1. The SMILES string of the molecule is NNc1ccc(C(=O)NCc2ccncc2)cc1. The Bertz CT molecular complexity index is 510. The second-order valence-corrected chi connectivity index (χ2v) is 3.76. The Morgan fingerprint density at radius 1 is 1.11 bits per heavy atom. The van der Waals surface area contributed by atoms with Gasteiger partial charge in [0.15, 0.2) is 0 Å². The molecule has 2 rings (SSSR count). The molecule has 0 atom stereocenters. The summed E-state index contributed by atoms with van der Waals surface area (Å²) in [4.78, 5) is 15.8. The van der Waals surface area contributed by atoms with E-state index >= 15 is 0 Å². The van der Waals surface area contributed by atoms with Gasteiger partial charge in [-0.1, -0.05) is 0 Å². The number of carbonyl (C=O) groups is 1. The van der Waals surface area contributed by atoms with Crippen LogP contribution in [0.4, 0.5) is 5.69 Å². The van der Waals surface area contributed by atoms with E-state index in [0.29, 0.717) is 12.1 Å². The van der Waals surface area contributed by atoms with Crippen molar-refractivity contribution in [2.24, 2.45) is 5.84 Å². The summed E-state index contributed by atoms with van der Waals surface area (Å²) in [5, 5.41) is 2.83. The standard InChI is InChI=1S/C13H14N4O/c14-17-12-3-1-11(2-4-12)13(18)16-9-10-5-7-15-8-6-10/h1-8,17H,9,14H2,(H,16,18). The number of nitrogens with zero attached hydrogens (tertiary/aromatic N) is 1. The van der Waals surface area contributed by atoms with Crippen molar-refractivity contribution in [3.63, 3.8) is 0 Å². The third-order valence-corrected chi connectivity index (χ3v) is 2.52. The molecule has 1 heterocycles. The fraction of sp³-hybridized carbons (Fsp3) is 0.0769. The average Bonchev–Trinajstić information content (AvgIpc) is 2.46. The van der Waals surface area contributed by atoms with Crippen molar-refractivity contribution in [1.82, 2.24) is 10.3 Å². The number of nitrogens with one attached hydrogen (secondary N) is 2. The number of rotatable bonds is 4. The van der Waals surface area contributed by atoms with Gasteiger partial charge in [-0.25, -0.2) is 0 Å². The van der Waals surface area contributed by atoms with Gasteiger partial charge in [0.1, 0.15) is 0 Å². The van der Waals surface area contributed by atoms with E-state index in [-0.39, 0.29) is 5.91 Å². The van der Waals surface area contributed by atoms with Crippen molar-refractivity contribution in [3.05, 3.63) is 59.9 Å². The predicted molar refractivity (Wildman–Crippen MR) is 69.7 cm³/mol. The highest BCUT2D eigenvalue weighted by atomic mass is 16.1. The summed E-state index contributed by atoms with van der Waals surface area (Å²) in [6, 6.07) is 10.7. The van der Waals surface area contributed by atoms with Crippen molar-refractivity contribution < 1.29 is 4.79 Å². The minimum atomic E-state index is -0.115. The Kier molecular flexibility index (Phi) is 3.88. The van der Waals surface area contributed by atoms with Crippen molar-refractivity contribution in [2.75, 3.05) is 5.43 Å². The number of pyridine rings is 1. The van der Waals surface area contributed by atoms with Crippen LogP contribution >= 0.6 is 0 Å². The minimum absolute atomic E-state index is 0.115. The van der Waals surface area contributed by atoms with E-state index in [1.807, 2.05) is 12.1 Å². The Labute approximate surface area is 105 Å². The second kappa shape index (κ2) is 5.79. The summed E-state index contributed by atoms with van der Waals surface area (Å²) in [6.07, 6.45) is 3.40. The van der Waals surface area contributed by atoms with Crippen LogP contribution in [0.25, 0.3) is 0 Å². The lowest BCUT2D eigenvalue weighted by atomic mass is 10.2. The quantitative estimate of drug-likeness (QED) is 0.557. The zero-order chi connectivity index (χ0) is 12.8. The smallest absolute Gasteiger partial charge is 0.251 e. The van der Waals surface area contributed by atoms with E-state index in [2.05, 4.69) is 15.7 Å². The van der Waals surface area contributed by atoms with Crippen molar-refractivity contribution in [1.29, 1.82) is 0 Å². The van der Waals surface area contributed by atoms with E-state index in [4.69, 9.17) is 5.84 Å². The third-order valence-electron chi connectivity index (χ3n) is 2.52. The molecule has 18 heavy (non-hydrogen) atoms. The molecular formula is C13H14N4O. The molecule has 1 aromatic carbocycles. The molecule has 2 aromatic rings. The van der Waals surface area contributed by atoms with Crippen LogP contribution < -0.4 is 16.6 Å². The Morgan fingerprint density at radius 2 is 1.78 bits per heavy atom. The van der Waals surface area contributed by atoms with E-state index < -0.39 is 0 Å². The summed E-state index contributed by atoms with van der Waals surface area (Å²) in [5.41, 5.74) is 4.89. The highest BCUT2D eigenvalue weighted by Crippen LogP contribution is 2.08. The molecule has 0 saturated heterocycles. The summed E-state index contributed by atoms with van der Waals surface area (Å²) >= 11 is 0. The maximum atomic E-state index is 11.8. The fourth-order valence-corrected chi connectivity index (χ4v) is 1.50. The Balaban J connectivity index is 1.95. The number of anilines is 1. The van der Waals surface area contributed by atoms with Crippen molar-refractivity contribution in [2.45, 2.75) is 6.54 Å². The summed E-state index contributed by atoms with van der Waals surface area (Å²) in [7, 11) is 0. The summed E-state index contributed by atoms with van der Waals surface area (Å²) in [5.74, 6) is 5.14. The molecule has 5 heteroatoms. The number of nitrogens with two attached hydrogens (primary N) is 1. The first kappa shape index (κ1) is 12.1. The van der Waals surface area contributed by atoms with E-state index in [1.165, 1.54) is 0 Å². The maximum absolute atomic E-state index is 11.8. The molecule has 0 fully saturated rings. The molecule has 1 amide bonds. The zero-order valence-corrected chi connectivity index (χ0v) is 9.76. The number of carbonyl (C=O) groups excluding carboxylic acids is 1. The van der Waals surface area contributed by atoms with Crippen molar-refractivity contribution in [3.8, 4) is 0 Å². The largest absolute Gasteiger partial charge is 0.348 e. The fourth-order valence-electron chi connectivity index (χ4n) is 1.50. The number of aromatic nitrogens is 1. The normalized spacial score (nSPS) is 9.83. The highest BCUT2D eigenvalue weighted by Gasteiger charge is 2.04. The van der Waals surface area contributed by atoms with E-state index in [1.54, 1.807) is 36.7 Å². The topological polar surface area (TPSA) is 80.0 Å². The van der Waals surface area contributed by atoms with Gasteiger partial charge in [0.2, 0.25) is 0 Å². The molecule has 0 saturated carbocycles. The first-order valence-corrected chi connectivity index (χ1v) is 5.53. The van der Waals surface area contributed by atoms with Crippen LogP contribution in [0.5, 0.6) is 0 Å². The van der Waals surface area contributed by atoms with Crippen LogP contribution in [0.3, 0.4) is 0 Å². The number of hydrazine groups is 1. The minimum Gasteiger partial charge on any atom is -0.348 e. The molecule has 4 N–H and O–H groups in total. The maximum Gasteiger partial charge on any atom is 0.251 e. The Hall–Kier alpha value is -2.40. The van der Waals surface area contributed by atoms with Crippen molar-refractivity contribution >= 4 is 11.6 Å². The zero-order valence-electron chi connectivity index (χ0n) is 9.76. The van der Waals surface area contributed by atoms with Crippen LogP contribution in [0.1, 0.15) is 15.9 Å². The molecule has 0 spiro atoms. The van der Waals surface area contributed by atoms with Gasteiger partial charge in [-0.15, -0.1) is 0 Å². The van der Waals surface area contributed by atoms with Gasteiger partial charge in [0, 0.05) is 30.2 Å². The first-order chi connectivity index (χ1) is 8.79. The predicted octanol–water partition coefficient (Wildman–Crippen LogP) is 1.30. The summed E-state index contributed by atoms with van der Waals surface area (Å²) < 4.78 is 0. The molecule has 0 unspecified atom stereocenters. The van der Waals surface area contributed by atoms with Gasteiger partial charge in [-0.3, -0.25) is 15.6 Å². The van der Waals surface area contributed by atoms with Gasteiger partial charge in [-0.05, 0) is 42.0 Å². The molecular weight excluding hydrogens is 228 g/mol. The van der Waals surface area contributed by atoms with Gasteiger partial charge in [0.25, 0.3) is 5.91 Å². The number of nitrogen functional groups attached to an aromatic ring is 1. The molecule has 92 valence electrons. The van der Waals surface area contributed by atoms with Crippen LogP contribution in [0.2, 0.25) is 0 Å². The van der Waals surface area contributed by atoms with Gasteiger partial charge in [0.05, 0.1) is 0 Å². The van der Waals surface area contributed by atoms with Crippen LogP contribution in [-0.2, 0) is 6.54 Å². The summed E-state index contributed by atoms with van der Waals surface area (Å²) in [6.45, 7) is 0.484.